The minimum atomic E-state index is -1.05. The van der Waals surface area contributed by atoms with Gasteiger partial charge in [-0.2, -0.15) is 0 Å². The molecule has 2 aromatic rings. The fraction of sp³-hybridized carbons (Fsp3) is 0.278. The topological polar surface area (TPSA) is 75.1 Å². The maximum atomic E-state index is 11.1. The van der Waals surface area contributed by atoms with E-state index < -0.39 is 5.97 Å². The number of nitrogens with one attached hydrogen (secondary N) is 1. The number of hydrogen-bond donors (Lipinski definition) is 2. The Bertz CT molecular complexity index is 868. The number of halogens is 1. The summed E-state index contributed by atoms with van der Waals surface area (Å²) in [6, 6.07) is 4.78. The SMILES string of the molecule is CCc1c(C)nc(C2=CCCS2)nc1Nc1ccc(C(=O)O)c(Cl)c1. The number of anilines is 2. The summed E-state index contributed by atoms with van der Waals surface area (Å²) in [6.07, 6.45) is 3.99. The van der Waals surface area contributed by atoms with E-state index in [-0.39, 0.29) is 10.6 Å². The zero-order chi connectivity index (χ0) is 18.0. The zero-order valence-corrected chi connectivity index (χ0v) is 15.5. The fourth-order valence-electron chi connectivity index (χ4n) is 2.71. The highest BCUT2D eigenvalue weighted by molar-refractivity contribution is 8.08. The normalized spacial score (nSPS) is 13.6. The Morgan fingerprint density at radius 3 is 2.80 bits per heavy atom. The molecule has 2 N–H and O–H groups in total. The molecule has 7 heteroatoms. The minimum absolute atomic E-state index is 0.0787. The van der Waals surface area contributed by atoms with Crippen LogP contribution in [-0.2, 0) is 6.42 Å². The maximum absolute atomic E-state index is 11.1. The second-order valence-corrected chi connectivity index (χ2v) is 7.19. The fourth-order valence-corrected chi connectivity index (χ4v) is 3.88. The van der Waals surface area contributed by atoms with Crippen molar-refractivity contribution in [3.8, 4) is 0 Å². The van der Waals surface area contributed by atoms with E-state index in [9.17, 15) is 4.79 Å². The average molecular weight is 376 g/mol. The third kappa shape index (κ3) is 3.80. The van der Waals surface area contributed by atoms with Gasteiger partial charge in [-0.15, -0.1) is 11.8 Å². The Kier molecular flexibility index (Phi) is 5.30. The van der Waals surface area contributed by atoms with Gasteiger partial charge >= 0.3 is 5.97 Å². The number of nitrogens with zero attached hydrogens (tertiary/aromatic N) is 2. The van der Waals surface area contributed by atoms with Crippen molar-refractivity contribution in [3.05, 3.63) is 51.9 Å². The molecule has 0 unspecified atom stereocenters. The van der Waals surface area contributed by atoms with Crippen molar-refractivity contribution in [2.45, 2.75) is 26.7 Å². The highest BCUT2D eigenvalue weighted by Gasteiger charge is 2.17. The molecule has 1 aliphatic rings. The molecule has 0 atom stereocenters. The van der Waals surface area contributed by atoms with Crippen LogP contribution >= 0.6 is 23.4 Å². The number of carboxylic acid groups (broad SMARTS) is 1. The van der Waals surface area contributed by atoms with Gasteiger partial charge in [0.05, 0.1) is 10.6 Å². The smallest absolute Gasteiger partial charge is 0.337 e. The molecular formula is C18H18ClN3O2S. The van der Waals surface area contributed by atoms with E-state index in [1.54, 1.807) is 23.9 Å². The molecule has 0 bridgehead atoms. The summed E-state index contributed by atoms with van der Waals surface area (Å²) in [4.78, 5) is 21.5. The van der Waals surface area contributed by atoms with Gasteiger partial charge < -0.3 is 10.4 Å². The van der Waals surface area contributed by atoms with Crippen molar-refractivity contribution in [1.29, 1.82) is 0 Å². The van der Waals surface area contributed by atoms with Crippen LogP contribution < -0.4 is 5.32 Å². The Balaban J connectivity index is 1.98. The van der Waals surface area contributed by atoms with E-state index in [2.05, 4.69) is 23.3 Å². The molecule has 130 valence electrons. The van der Waals surface area contributed by atoms with Crippen LogP contribution in [0.3, 0.4) is 0 Å². The van der Waals surface area contributed by atoms with Crippen molar-refractivity contribution in [3.63, 3.8) is 0 Å². The van der Waals surface area contributed by atoms with E-state index in [0.717, 1.165) is 46.4 Å². The molecule has 0 radical (unpaired) electrons. The molecule has 5 nitrogen and oxygen atoms in total. The summed E-state index contributed by atoms with van der Waals surface area (Å²) < 4.78 is 0. The number of benzene rings is 1. The van der Waals surface area contributed by atoms with Crippen LogP contribution in [0.15, 0.2) is 24.3 Å². The maximum Gasteiger partial charge on any atom is 0.337 e. The quantitative estimate of drug-likeness (QED) is 0.772. The predicted molar refractivity (Wildman–Crippen MR) is 103 cm³/mol. The van der Waals surface area contributed by atoms with Gasteiger partial charge in [0, 0.05) is 27.6 Å². The molecule has 2 heterocycles. The van der Waals surface area contributed by atoms with Gasteiger partial charge in [-0.05, 0) is 38.0 Å². The lowest BCUT2D eigenvalue weighted by Gasteiger charge is -2.14. The second-order valence-electron chi connectivity index (χ2n) is 5.64. The summed E-state index contributed by atoms with van der Waals surface area (Å²) in [5.74, 6) is 1.48. The number of allylic oxidation sites excluding steroid dienone is 1. The average Bonchev–Trinajstić information content (AvgIpc) is 3.08. The number of aromatic carboxylic acids is 1. The van der Waals surface area contributed by atoms with Gasteiger partial charge in [-0.3, -0.25) is 0 Å². The lowest BCUT2D eigenvalue weighted by Crippen LogP contribution is -2.07. The molecule has 0 saturated carbocycles. The highest BCUT2D eigenvalue weighted by Crippen LogP contribution is 2.34. The molecule has 25 heavy (non-hydrogen) atoms. The van der Waals surface area contributed by atoms with Gasteiger partial charge in [-0.25, -0.2) is 14.8 Å². The lowest BCUT2D eigenvalue weighted by molar-refractivity contribution is 0.0697. The predicted octanol–water partition coefficient (Wildman–Crippen LogP) is 4.92. The summed E-state index contributed by atoms with van der Waals surface area (Å²) in [7, 11) is 0. The van der Waals surface area contributed by atoms with Crippen LogP contribution in [0.2, 0.25) is 5.02 Å². The number of hydrogen-bond acceptors (Lipinski definition) is 5. The van der Waals surface area contributed by atoms with Gasteiger partial charge in [0.2, 0.25) is 0 Å². The number of thioether (sulfide) groups is 1. The van der Waals surface area contributed by atoms with Crippen molar-refractivity contribution >= 4 is 45.7 Å². The van der Waals surface area contributed by atoms with E-state index >= 15 is 0 Å². The molecule has 0 fully saturated rings. The molecule has 0 aliphatic carbocycles. The third-order valence-electron chi connectivity index (χ3n) is 3.96. The standard InChI is InChI=1S/C18H18ClN3O2S/c1-3-12-10(2)20-17(15-5-4-8-25-15)22-16(12)21-11-6-7-13(18(23)24)14(19)9-11/h5-7,9H,3-4,8H2,1-2H3,(H,23,24)(H,20,21,22). The molecule has 1 aliphatic heterocycles. The van der Waals surface area contributed by atoms with Crippen LogP contribution in [0.1, 0.15) is 40.8 Å². The molecule has 0 amide bonds. The number of carboxylic acids is 1. The van der Waals surface area contributed by atoms with Gasteiger partial charge in [-0.1, -0.05) is 24.6 Å². The van der Waals surface area contributed by atoms with Crippen molar-refractivity contribution < 1.29 is 9.90 Å². The molecule has 1 aromatic heterocycles. The summed E-state index contributed by atoms with van der Waals surface area (Å²) >= 11 is 7.83. The Morgan fingerprint density at radius 1 is 1.40 bits per heavy atom. The Hall–Kier alpha value is -2.05. The third-order valence-corrected chi connectivity index (χ3v) is 5.37. The van der Waals surface area contributed by atoms with Crippen LogP contribution in [-0.4, -0.2) is 26.8 Å². The van der Waals surface area contributed by atoms with Crippen LogP contribution in [0.5, 0.6) is 0 Å². The molecular weight excluding hydrogens is 358 g/mol. The zero-order valence-electron chi connectivity index (χ0n) is 14.0. The number of carbonyl (C=O) groups is 1. The Morgan fingerprint density at radius 2 is 2.20 bits per heavy atom. The molecule has 1 aromatic carbocycles. The van der Waals surface area contributed by atoms with Gasteiger partial charge in [0.15, 0.2) is 5.82 Å². The summed E-state index contributed by atoms with van der Waals surface area (Å²) in [5, 5.41) is 12.5. The first-order valence-electron chi connectivity index (χ1n) is 8.00. The molecule has 3 rings (SSSR count). The van der Waals surface area contributed by atoms with E-state index in [1.807, 2.05) is 6.92 Å². The lowest BCUT2D eigenvalue weighted by atomic mass is 10.1. The summed E-state index contributed by atoms with van der Waals surface area (Å²) in [6.45, 7) is 4.04. The van der Waals surface area contributed by atoms with E-state index in [0.29, 0.717) is 5.69 Å². The minimum Gasteiger partial charge on any atom is -0.478 e. The molecule has 0 spiro atoms. The van der Waals surface area contributed by atoms with Crippen molar-refractivity contribution in [2.75, 3.05) is 11.1 Å². The van der Waals surface area contributed by atoms with Gasteiger partial charge in [0.25, 0.3) is 0 Å². The van der Waals surface area contributed by atoms with Crippen LogP contribution in [0, 0.1) is 6.92 Å². The second kappa shape index (κ2) is 7.45. The van der Waals surface area contributed by atoms with Crippen LogP contribution in [0.4, 0.5) is 11.5 Å². The van der Waals surface area contributed by atoms with Crippen LogP contribution in [0.25, 0.3) is 4.91 Å². The number of aromatic nitrogens is 2. The summed E-state index contributed by atoms with van der Waals surface area (Å²) in [5.41, 5.74) is 2.75. The van der Waals surface area contributed by atoms with Gasteiger partial charge in [0.1, 0.15) is 5.82 Å². The first-order chi connectivity index (χ1) is 12.0. The van der Waals surface area contributed by atoms with Crippen molar-refractivity contribution in [1.82, 2.24) is 9.97 Å². The highest BCUT2D eigenvalue weighted by atomic mass is 35.5. The van der Waals surface area contributed by atoms with Crippen molar-refractivity contribution in [2.24, 2.45) is 0 Å². The first kappa shape index (κ1) is 17.8. The first-order valence-corrected chi connectivity index (χ1v) is 9.36. The molecule has 0 saturated heterocycles. The number of rotatable bonds is 5. The monoisotopic (exact) mass is 375 g/mol. The van der Waals surface area contributed by atoms with E-state index in [1.165, 1.54) is 6.07 Å². The van der Waals surface area contributed by atoms with E-state index in [4.69, 9.17) is 21.7 Å². The number of aryl methyl sites for hydroxylation is 1. The Labute approximate surface area is 155 Å². The largest absolute Gasteiger partial charge is 0.478 e.